The second-order valence-corrected chi connectivity index (χ2v) is 7.92. The number of nitrogens with zero attached hydrogens (tertiary/aromatic N) is 1. The van der Waals surface area contributed by atoms with Crippen LogP contribution in [0.1, 0.15) is 44.6 Å². The highest BCUT2D eigenvalue weighted by molar-refractivity contribution is 8.18. The van der Waals surface area contributed by atoms with E-state index in [0.29, 0.717) is 28.7 Å². The third kappa shape index (κ3) is 5.16. The zero-order chi connectivity index (χ0) is 19.9. The maximum atomic E-state index is 12.8. The molecule has 1 saturated carbocycles. The third-order valence-electron chi connectivity index (χ3n) is 4.90. The standard InChI is InChI=1S/C21H25NO5S/c1-2-26-19(23)14-27-17-11-7-6-10-16(17)12-18-20(24)22(21(25)28-18)13-15-8-4-3-5-9-15/h6-7,10-12,15H,2-5,8-9,13-14H2,1H3/b18-12+. The van der Waals surface area contributed by atoms with Crippen molar-refractivity contribution in [2.24, 2.45) is 5.92 Å². The van der Waals surface area contributed by atoms with Gasteiger partial charge in [-0.05, 0) is 49.6 Å². The zero-order valence-electron chi connectivity index (χ0n) is 16.0. The molecule has 3 rings (SSSR count). The summed E-state index contributed by atoms with van der Waals surface area (Å²) in [7, 11) is 0. The molecule has 2 fully saturated rings. The Balaban J connectivity index is 1.70. The molecule has 150 valence electrons. The summed E-state index contributed by atoms with van der Waals surface area (Å²) in [5, 5.41) is -0.216. The Morgan fingerprint density at radius 2 is 1.96 bits per heavy atom. The lowest BCUT2D eigenvalue weighted by Gasteiger charge is -2.25. The summed E-state index contributed by atoms with van der Waals surface area (Å²) in [5.74, 6) is 0.169. The summed E-state index contributed by atoms with van der Waals surface area (Å²) in [6.07, 6.45) is 7.38. The fourth-order valence-electron chi connectivity index (χ4n) is 3.50. The van der Waals surface area contributed by atoms with Crippen LogP contribution < -0.4 is 4.74 Å². The lowest BCUT2D eigenvalue weighted by molar-refractivity contribution is -0.145. The molecule has 1 aromatic rings. The second-order valence-electron chi connectivity index (χ2n) is 6.93. The lowest BCUT2D eigenvalue weighted by atomic mass is 9.89. The van der Waals surface area contributed by atoms with Gasteiger partial charge < -0.3 is 9.47 Å². The molecule has 6 nitrogen and oxygen atoms in total. The first-order valence-corrected chi connectivity index (χ1v) is 10.5. The van der Waals surface area contributed by atoms with Gasteiger partial charge in [-0.2, -0.15) is 0 Å². The summed E-state index contributed by atoms with van der Waals surface area (Å²) in [6, 6.07) is 7.11. The van der Waals surface area contributed by atoms with Gasteiger partial charge in [-0.3, -0.25) is 14.5 Å². The number of benzene rings is 1. The van der Waals surface area contributed by atoms with Crippen LogP contribution in [0, 0.1) is 5.92 Å². The van der Waals surface area contributed by atoms with Crippen molar-refractivity contribution in [3.63, 3.8) is 0 Å². The Bertz CT molecular complexity index is 770. The van der Waals surface area contributed by atoms with Crippen molar-refractivity contribution >= 4 is 35.0 Å². The molecule has 0 radical (unpaired) electrons. The minimum absolute atomic E-state index is 0.206. The van der Waals surface area contributed by atoms with Gasteiger partial charge >= 0.3 is 5.97 Å². The molecule has 0 atom stereocenters. The molecule has 1 aliphatic heterocycles. The lowest BCUT2D eigenvalue weighted by Crippen LogP contribution is -2.34. The van der Waals surface area contributed by atoms with Crippen molar-refractivity contribution in [2.45, 2.75) is 39.0 Å². The number of para-hydroxylation sites is 1. The third-order valence-corrected chi connectivity index (χ3v) is 5.80. The summed E-state index contributed by atoms with van der Waals surface area (Å²) < 4.78 is 10.4. The van der Waals surface area contributed by atoms with Crippen molar-refractivity contribution in [1.82, 2.24) is 4.90 Å². The monoisotopic (exact) mass is 403 g/mol. The number of thioether (sulfide) groups is 1. The van der Waals surface area contributed by atoms with Gasteiger partial charge in [0.05, 0.1) is 11.5 Å². The number of ether oxygens (including phenoxy) is 2. The number of imide groups is 1. The first-order chi connectivity index (χ1) is 13.6. The van der Waals surface area contributed by atoms with E-state index in [9.17, 15) is 14.4 Å². The van der Waals surface area contributed by atoms with Gasteiger partial charge in [-0.15, -0.1) is 0 Å². The van der Waals surface area contributed by atoms with Crippen molar-refractivity contribution < 1.29 is 23.9 Å². The van der Waals surface area contributed by atoms with Crippen LogP contribution >= 0.6 is 11.8 Å². The summed E-state index contributed by atoms with van der Waals surface area (Å²) in [4.78, 5) is 38.4. The maximum Gasteiger partial charge on any atom is 0.344 e. The Labute approximate surface area is 169 Å². The summed E-state index contributed by atoms with van der Waals surface area (Å²) >= 11 is 0.958. The number of rotatable bonds is 7. The highest BCUT2D eigenvalue weighted by Crippen LogP contribution is 2.36. The largest absolute Gasteiger partial charge is 0.481 e. The van der Waals surface area contributed by atoms with E-state index in [1.165, 1.54) is 24.2 Å². The van der Waals surface area contributed by atoms with Crippen molar-refractivity contribution in [3.05, 3.63) is 34.7 Å². The SMILES string of the molecule is CCOC(=O)COc1ccccc1/C=C1/SC(=O)N(CC2CCCCC2)C1=O. The van der Waals surface area contributed by atoms with E-state index in [1.54, 1.807) is 31.2 Å². The molecule has 0 N–H and O–H groups in total. The summed E-state index contributed by atoms with van der Waals surface area (Å²) in [5.41, 5.74) is 0.648. The van der Waals surface area contributed by atoms with Crippen molar-refractivity contribution in [3.8, 4) is 5.75 Å². The molecule has 0 bridgehead atoms. The molecule has 1 aliphatic carbocycles. The Kier molecular flexibility index (Phi) is 7.14. The van der Waals surface area contributed by atoms with Gasteiger partial charge in [0.2, 0.25) is 0 Å². The van der Waals surface area contributed by atoms with Gasteiger partial charge in [0, 0.05) is 12.1 Å². The van der Waals surface area contributed by atoms with Gasteiger partial charge in [-0.25, -0.2) is 4.79 Å². The van der Waals surface area contributed by atoms with Crippen LogP contribution in [-0.4, -0.2) is 41.8 Å². The van der Waals surface area contributed by atoms with E-state index in [4.69, 9.17) is 9.47 Å². The predicted octanol–water partition coefficient (Wildman–Crippen LogP) is 4.25. The molecule has 28 heavy (non-hydrogen) atoms. The topological polar surface area (TPSA) is 72.9 Å². The Morgan fingerprint density at radius 1 is 1.21 bits per heavy atom. The van der Waals surface area contributed by atoms with Gasteiger partial charge in [0.15, 0.2) is 6.61 Å². The highest BCUT2D eigenvalue weighted by atomic mass is 32.2. The Morgan fingerprint density at radius 3 is 2.71 bits per heavy atom. The number of amides is 2. The number of carbonyl (C=O) groups excluding carboxylic acids is 3. The second kappa shape index (κ2) is 9.78. The fraction of sp³-hybridized carbons (Fsp3) is 0.476. The highest BCUT2D eigenvalue weighted by Gasteiger charge is 2.36. The van der Waals surface area contributed by atoms with Crippen LogP contribution in [0.2, 0.25) is 0 Å². The molecule has 7 heteroatoms. The molecule has 2 amide bonds. The minimum atomic E-state index is -0.454. The van der Waals surface area contributed by atoms with E-state index < -0.39 is 5.97 Å². The summed E-state index contributed by atoms with van der Waals surface area (Å²) in [6.45, 7) is 2.32. The zero-order valence-corrected chi connectivity index (χ0v) is 16.8. The van der Waals surface area contributed by atoms with Crippen LogP contribution in [0.4, 0.5) is 4.79 Å². The van der Waals surface area contributed by atoms with Gasteiger partial charge in [0.25, 0.3) is 11.1 Å². The quantitative estimate of drug-likeness (QED) is 0.501. The van der Waals surface area contributed by atoms with Crippen LogP contribution in [0.5, 0.6) is 5.75 Å². The molecule has 1 heterocycles. The molecule has 0 spiro atoms. The van der Waals surface area contributed by atoms with Crippen LogP contribution in [0.15, 0.2) is 29.2 Å². The van der Waals surface area contributed by atoms with Crippen LogP contribution in [-0.2, 0) is 14.3 Å². The maximum absolute atomic E-state index is 12.8. The van der Waals surface area contributed by atoms with Crippen molar-refractivity contribution in [2.75, 3.05) is 19.8 Å². The number of hydrogen-bond acceptors (Lipinski definition) is 6. The molecule has 1 saturated heterocycles. The van der Waals surface area contributed by atoms with Crippen LogP contribution in [0.3, 0.4) is 0 Å². The van der Waals surface area contributed by atoms with E-state index in [2.05, 4.69) is 0 Å². The minimum Gasteiger partial charge on any atom is -0.481 e. The van der Waals surface area contributed by atoms with E-state index in [-0.39, 0.29) is 24.4 Å². The molecular formula is C21H25NO5S. The first kappa shape index (κ1) is 20.5. The normalized spacial score (nSPS) is 19.3. The van der Waals surface area contributed by atoms with E-state index in [0.717, 1.165) is 24.6 Å². The predicted molar refractivity (Wildman–Crippen MR) is 108 cm³/mol. The van der Waals surface area contributed by atoms with E-state index in [1.807, 2.05) is 6.07 Å². The smallest absolute Gasteiger partial charge is 0.344 e. The van der Waals surface area contributed by atoms with Crippen LogP contribution in [0.25, 0.3) is 6.08 Å². The molecule has 0 aromatic heterocycles. The molecule has 2 aliphatic rings. The molecule has 1 aromatic carbocycles. The number of hydrogen-bond donors (Lipinski definition) is 0. The van der Waals surface area contributed by atoms with E-state index >= 15 is 0 Å². The van der Waals surface area contributed by atoms with Gasteiger partial charge in [0.1, 0.15) is 5.75 Å². The average molecular weight is 404 g/mol. The van der Waals surface area contributed by atoms with Crippen molar-refractivity contribution in [1.29, 1.82) is 0 Å². The number of esters is 1. The average Bonchev–Trinajstić information content (AvgIpc) is 2.96. The Hall–Kier alpha value is -2.28. The molecule has 0 unspecified atom stereocenters. The number of carbonyl (C=O) groups is 3. The first-order valence-electron chi connectivity index (χ1n) is 9.71. The fourth-order valence-corrected chi connectivity index (χ4v) is 4.34. The van der Waals surface area contributed by atoms with Gasteiger partial charge in [-0.1, -0.05) is 37.5 Å². The molecular weight excluding hydrogens is 378 g/mol.